The van der Waals surface area contributed by atoms with Crippen molar-refractivity contribution in [2.75, 3.05) is 13.3 Å². The van der Waals surface area contributed by atoms with E-state index >= 15 is 0 Å². The fraction of sp³-hybridized carbons (Fsp3) is 0.167. The van der Waals surface area contributed by atoms with Crippen molar-refractivity contribution in [3.8, 4) is 5.75 Å². The number of rotatable bonds is 3. The van der Waals surface area contributed by atoms with Gasteiger partial charge in [0.2, 0.25) is 0 Å². The van der Waals surface area contributed by atoms with Crippen LogP contribution in [0, 0.1) is 0 Å². The Labute approximate surface area is 96.0 Å². The molecule has 2 aromatic carbocycles. The van der Waals surface area contributed by atoms with Gasteiger partial charge in [-0.1, -0.05) is 28.1 Å². The number of fused-ring (bicyclic) bond motifs is 1. The molecule has 3 heteroatoms. The third kappa shape index (κ3) is 2.48. The average Bonchev–Trinajstić information content (AvgIpc) is 2.26. The van der Waals surface area contributed by atoms with E-state index in [9.17, 15) is 4.39 Å². The molecule has 0 saturated carbocycles. The highest BCUT2D eigenvalue weighted by molar-refractivity contribution is 9.10. The number of alkyl halides is 1. The highest BCUT2D eigenvalue weighted by Crippen LogP contribution is 2.23. The van der Waals surface area contributed by atoms with Crippen LogP contribution in [-0.4, -0.2) is 13.3 Å². The van der Waals surface area contributed by atoms with Gasteiger partial charge in [-0.2, -0.15) is 0 Å². The van der Waals surface area contributed by atoms with E-state index < -0.39 is 6.67 Å². The monoisotopic (exact) mass is 268 g/mol. The SMILES string of the molecule is FCCOc1ccc2cc(Br)ccc2c1. The van der Waals surface area contributed by atoms with Crippen molar-refractivity contribution in [3.63, 3.8) is 0 Å². The summed E-state index contributed by atoms with van der Waals surface area (Å²) in [4.78, 5) is 0. The number of halogens is 2. The Morgan fingerprint density at radius 1 is 1.07 bits per heavy atom. The summed E-state index contributed by atoms with van der Waals surface area (Å²) in [6, 6.07) is 11.7. The molecule has 0 aliphatic carbocycles. The Morgan fingerprint density at radius 3 is 2.60 bits per heavy atom. The maximum atomic E-state index is 11.9. The Morgan fingerprint density at radius 2 is 1.80 bits per heavy atom. The zero-order valence-electron chi connectivity index (χ0n) is 8.04. The third-order valence-electron chi connectivity index (χ3n) is 2.12. The Kier molecular flexibility index (Phi) is 3.21. The van der Waals surface area contributed by atoms with Gasteiger partial charge in [-0.05, 0) is 35.0 Å². The zero-order valence-corrected chi connectivity index (χ0v) is 9.63. The molecule has 0 fully saturated rings. The van der Waals surface area contributed by atoms with Crippen LogP contribution >= 0.6 is 15.9 Å². The second-order valence-electron chi connectivity index (χ2n) is 3.19. The Balaban J connectivity index is 2.34. The van der Waals surface area contributed by atoms with E-state index in [2.05, 4.69) is 15.9 Å². The van der Waals surface area contributed by atoms with Crippen molar-refractivity contribution >= 4 is 26.7 Å². The van der Waals surface area contributed by atoms with E-state index in [1.54, 1.807) is 0 Å². The molecular weight excluding hydrogens is 259 g/mol. The smallest absolute Gasteiger partial charge is 0.123 e. The summed E-state index contributed by atoms with van der Waals surface area (Å²) < 4.78 is 18.2. The number of benzene rings is 2. The lowest BCUT2D eigenvalue weighted by Crippen LogP contribution is -1.98. The van der Waals surface area contributed by atoms with Gasteiger partial charge < -0.3 is 4.74 Å². The quantitative estimate of drug-likeness (QED) is 0.819. The van der Waals surface area contributed by atoms with Crippen LogP contribution in [0.25, 0.3) is 10.8 Å². The topological polar surface area (TPSA) is 9.23 Å². The van der Waals surface area contributed by atoms with Crippen molar-refractivity contribution in [3.05, 3.63) is 40.9 Å². The number of hydrogen-bond acceptors (Lipinski definition) is 1. The van der Waals surface area contributed by atoms with E-state index in [-0.39, 0.29) is 6.61 Å². The van der Waals surface area contributed by atoms with Gasteiger partial charge >= 0.3 is 0 Å². The molecule has 0 aromatic heterocycles. The van der Waals surface area contributed by atoms with Gasteiger partial charge in [0.25, 0.3) is 0 Å². The molecule has 0 heterocycles. The van der Waals surface area contributed by atoms with E-state index in [1.165, 1.54) is 0 Å². The molecule has 0 aliphatic heterocycles. The van der Waals surface area contributed by atoms with Crippen molar-refractivity contribution in [2.24, 2.45) is 0 Å². The Hall–Kier alpha value is -1.09. The standard InChI is InChI=1S/C12H10BrFO/c13-11-3-1-10-8-12(15-6-5-14)4-2-9(10)7-11/h1-4,7-8H,5-6H2. The molecule has 0 spiro atoms. The summed E-state index contributed by atoms with van der Waals surface area (Å²) in [5, 5.41) is 2.23. The molecule has 78 valence electrons. The molecule has 0 saturated heterocycles. The lowest BCUT2D eigenvalue weighted by Gasteiger charge is -2.05. The minimum atomic E-state index is -0.460. The second kappa shape index (κ2) is 4.62. The summed E-state index contributed by atoms with van der Waals surface area (Å²) >= 11 is 3.41. The fourth-order valence-corrected chi connectivity index (χ4v) is 1.82. The van der Waals surface area contributed by atoms with Crippen LogP contribution in [0.15, 0.2) is 40.9 Å². The highest BCUT2D eigenvalue weighted by atomic mass is 79.9. The summed E-state index contributed by atoms with van der Waals surface area (Å²) in [7, 11) is 0. The molecule has 1 nitrogen and oxygen atoms in total. The molecule has 0 atom stereocenters. The molecule has 2 rings (SSSR count). The van der Waals surface area contributed by atoms with Crippen LogP contribution < -0.4 is 4.74 Å². The highest BCUT2D eigenvalue weighted by Gasteiger charge is 1.98. The maximum absolute atomic E-state index is 11.9. The lowest BCUT2D eigenvalue weighted by molar-refractivity contribution is 0.273. The molecule has 15 heavy (non-hydrogen) atoms. The number of hydrogen-bond donors (Lipinski definition) is 0. The van der Waals surface area contributed by atoms with E-state index in [0.29, 0.717) is 5.75 Å². The predicted molar refractivity (Wildman–Crippen MR) is 63.1 cm³/mol. The molecule has 2 aromatic rings. The van der Waals surface area contributed by atoms with E-state index in [4.69, 9.17) is 4.74 Å². The van der Waals surface area contributed by atoms with E-state index in [0.717, 1.165) is 15.2 Å². The van der Waals surface area contributed by atoms with Gasteiger partial charge in [0.1, 0.15) is 19.0 Å². The lowest BCUT2D eigenvalue weighted by atomic mass is 10.1. The molecule has 0 unspecified atom stereocenters. The minimum absolute atomic E-state index is 0.113. The minimum Gasteiger partial charge on any atom is -0.491 e. The average molecular weight is 269 g/mol. The fourth-order valence-electron chi connectivity index (χ4n) is 1.44. The van der Waals surface area contributed by atoms with Crippen molar-refractivity contribution in [2.45, 2.75) is 0 Å². The second-order valence-corrected chi connectivity index (χ2v) is 4.11. The van der Waals surface area contributed by atoms with Crippen LogP contribution in [0.4, 0.5) is 4.39 Å². The predicted octanol–water partition coefficient (Wildman–Crippen LogP) is 3.95. The van der Waals surface area contributed by atoms with Gasteiger partial charge in [0.15, 0.2) is 0 Å². The van der Waals surface area contributed by atoms with Crippen molar-refractivity contribution in [1.29, 1.82) is 0 Å². The van der Waals surface area contributed by atoms with Crippen LogP contribution in [0.1, 0.15) is 0 Å². The molecule has 0 bridgehead atoms. The normalized spacial score (nSPS) is 10.5. The first kappa shape index (κ1) is 10.4. The zero-order chi connectivity index (χ0) is 10.7. The van der Waals surface area contributed by atoms with Gasteiger partial charge in [-0.15, -0.1) is 0 Å². The summed E-state index contributed by atoms with van der Waals surface area (Å²) in [5.41, 5.74) is 0. The van der Waals surface area contributed by atoms with Crippen molar-refractivity contribution < 1.29 is 9.13 Å². The van der Waals surface area contributed by atoms with Crippen LogP contribution in [0.5, 0.6) is 5.75 Å². The van der Waals surface area contributed by atoms with Gasteiger partial charge in [0.05, 0.1) is 0 Å². The van der Waals surface area contributed by atoms with Crippen LogP contribution in [0.2, 0.25) is 0 Å². The molecule has 0 aliphatic rings. The van der Waals surface area contributed by atoms with E-state index in [1.807, 2.05) is 36.4 Å². The maximum Gasteiger partial charge on any atom is 0.123 e. The van der Waals surface area contributed by atoms with Crippen molar-refractivity contribution in [1.82, 2.24) is 0 Å². The molecule has 0 radical (unpaired) electrons. The van der Waals surface area contributed by atoms with Gasteiger partial charge in [-0.3, -0.25) is 0 Å². The summed E-state index contributed by atoms with van der Waals surface area (Å²) in [6.07, 6.45) is 0. The molecule has 0 amide bonds. The molecule has 0 N–H and O–H groups in total. The van der Waals surface area contributed by atoms with Crippen LogP contribution in [0.3, 0.4) is 0 Å². The first-order chi connectivity index (χ1) is 7.29. The summed E-state index contributed by atoms with van der Waals surface area (Å²) in [5.74, 6) is 0.711. The molecular formula is C12H10BrFO. The third-order valence-corrected chi connectivity index (χ3v) is 2.61. The van der Waals surface area contributed by atoms with Crippen LogP contribution in [-0.2, 0) is 0 Å². The van der Waals surface area contributed by atoms with Gasteiger partial charge in [-0.25, -0.2) is 4.39 Å². The van der Waals surface area contributed by atoms with Gasteiger partial charge in [0, 0.05) is 4.47 Å². The first-order valence-corrected chi connectivity index (χ1v) is 5.47. The Bertz CT molecular complexity index is 470. The first-order valence-electron chi connectivity index (χ1n) is 4.68. The number of ether oxygens (including phenoxy) is 1. The summed E-state index contributed by atoms with van der Waals surface area (Å²) in [6.45, 7) is -0.347. The largest absolute Gasteiger partial charge is 0.491 e.